The highest BCUT2D eigenvalue weighted by Crippen LogP contribution is 2.32. The lowest BCUT2D eigenvalue weighted by molar-refractivity contribution is -0.111. The quantitative estimate of drug-likeness (QED) is 0.755. The van der Waals surface area contributed by atoms with Crippen molar-refractivity contribution in [1.82, 2.24) is 0 Å². The van der Waals surface area contributed by atoms with Gasteiger partial charge in [-0.05, 0) is 42.0 Å². The molecule has 0 aliphatic carbocycles. The van der Waals surface area contributed by atoms with Crippen molar-refractivity contribution < 1.29 is 4.79 Å². The topological polar surface area (TPSA) is 52.9 Å². The molecule has 0 radical (unpaired) electrons. The van der Waals surface area contributed by atoms with Crippen LogP contribution in [0.15, 0.2) is 30.3 Å². The van der Waals surface area contributed by atoms with Crippen LogP contribution in [-0.4, -0.2) is 5.91 Å². The number of nitriles is 1. The van der Waals surface area contributed by atoms with Crippen LogP contribution >= 0.6 is 11.3 Å². The van der Waals surface area contributed by atoms with E-state index in [4.69, 9.17) is 0 Å². The predicted molar refractivity (Wildman–Crippen MR) is 101 cm³/mol. The minimum absolute atomic E-state index is 0.219. The third-order valence-corrected chi connectivity index (χ3v) is 5.00. The molecule has 1 amide bonds. The average Bonchev–Trinajstić information content (AvgIpc) is 2.87. The van der Waals surface area contributed by atoms with Crippen LogP contribution in [0.25, 0.3) is 6.08 Å². The van der Waals surface area contributed by atoms with E-state index in [2.05, 4.69) is 37.4 Å². The summed E-state index contributed by atoms with van der Waals surface area (Å²) in [6.45, 7) is 8.30. The van der Waals surface area contributed by atoms with Crippen LogP contribution in [0.3, 0.4) is 0 Å². The Bertz CT molecular complexity index is 792. The Balaban J connectivity index is 2.10. The Morgan fingerprint density at radius 1 is 1.33 bits per heavy atom. The minimum atomic E-state index is -0.219. The molecule has 0 fully saturated rings. The van der Waals surface area contributed by atoms with Gasteiger partial charge < -0.3 is 5.32 Å². The largest absolute Gasteiger partial charge is 0.313 e. The van der Waals surface area contributed by atoms with Crippen molar-refractivity contribution in [3.05, 3.63) is 57.5 Å². The van der Waals surface area contributed by atoms with E-state index in [1.807, 2.05) is 26.0 Å². The Labute approximate surface area is 147 Å². The molecule has 0 atom stereocenters. The van der Waals surface area contributed by atoms with Gasteiger partial charge in [0.25, 0.3) is 0 Å². The molecule has 0 aliphatic rings. The highest BCUT2D eigenvalue weighted by atomic mass is 32.1. The fourth-order valence-corrected chi connectivity index (χ4v) is 3.63. The number of anilines is 1. The van der Waals surface area contributed by atoms with Gasteiger partial charge in [-0.2, -0.15) is 5.26 Å². The summed E-state index contributed by atoms with van der Waals surface area (Å²) in [6, 6.07) is 10.4. The number of hydrogen-bond acceptors (Lipinski definition) is 3. The first-order valence-electron chi connectivity index (χ1n) is 8.07. The van der Waals surface area contributed by atoms with Gasteiger partial charge in [-0.25, -0.2) is 0 Å². The third kappa shape index (κ3) is 4.12. The second kappa shape index (κ2) is 7.94. The first kappa shape index (κ1) is 18.0. The number of nitrogens with zero attached hydrogens (tertiary/aromatic N) is 1. The van der Waals surface area contributed by atoms with Gasteiger partial charge in [0.15, 0.2) is 0 Å². The van der Waals surface area contributed by atoms with E-state index >= 15 is 0 Å². The summed E-state index contributed by atoms with van der Waals surface area (Å²) in [5.41, 5.74) is 3.86. The summed E-state index contributed by atoms with van der Waals surface area (Å²) in [6.07, 6.45) is 4.08. The van der Waals surface area contributed by atoms with Gasteiger partial charge in [-0.3, -0.25) is 4.79 Å². The number of carbonyl (C=O) groups is 1. The highest BCUT2D eigenvalue weighted by Gasteiger charge is 2.15. The van der Waals surface area contributed by atoms with Crippen LogP contribution in [0, 0.1) is 18.3 Å². The fourth-order valence-electron chi connectivity index (χ4n) is 2.53. The average molecular weight is 338 g/mol. The molecule has 24 heavy (non-hydrogen) atoms. The second-order valence-corrected chi connectivity index (χ2v) is 7.17. The van der Waals surface area contributed by atoms with E-state index < -0.39 is 0 Å². The van der Waals surface area contributed by atoms with E-state index in [0.717, 1.165) is 22.4 Å². The summed E-state index contributed by atoms with van der Waals surface area (Å²) in [5.74, 6) is 0.272. The molecule has 4 heteroatoms. The standard InChI is InChI=1S/C20H22N2OS/c1-5-17-14(4)24-20(18(17)12-21)22-19(23)11-8-15-6-9-16(10-7-15)13(2)3/h6-11,13H,5H2,1-4H3,(H,22,23)/b11-8+. The number of carbonyl (C=O) groups excluding carboxylic acids is 1. The lowest BCUT2D eigenvalue weighted by Crippen LogP contribution is -2.07. The third-order valence-electron chi connectivity index (χ3n) is 3.94. The number of thiophene rings is 1. The highest BCUT2D eigenvalue weighted by molar-refractivity contribution is 7.16. The van der Waals surface area contributed by atoms with E-state index in [0.29, 0.717) is 16.5 Å². The van der Waals surface area contributed by atoms with Crippen LogP contribution in [0.1, 0.15) is 53.8 Å². The molecule has 0 saturated carbocycles. The number of rotatable bonds is 5. The normalized spacial score (nSPS) is 11.0. The smallest absolute Gasteiger partial charge is 0.249 e. The monoisotopic (exact) mass is 338 g/mol. The van der Waals surface area contributed by atoms with E-state index in [9.17, 15) is 10.1 Å². The molecule has 2 rings (SSSR count). The van der Waals surface area contributed by atoms with Crippen molar-refractivity contribution in [2.24, 2.45) is 0 Å². The van der Waals surface area contributed by atoms with Gasteiger partial charge in [-0.15, -0.1) is 11.3 Å². The summed E-state index contributed by atoms with van der Waals surface area (Å²) in [4.78, 5) is 13.2. The number of benzene rings is 1. The van der Waals surface area contributed by atoms with Crippen molar-refractivity contribution in [3.8, 4) is 6.07 Å². The van der Waals surface area contributed by atoms with Crippen LogP contribution in [-0.2, 0) is 11.2 Å². The molecule has 0 unspecified atom stereocenters. The molecule has 124 valence electrons. The summed E-state index contributed by atoms with van der Waals surface area (Å²) in [7, 11) is 0. The Kier molecular flexibility index (Phi) is 5.94. The zero-order valence-corrected chi connectivity index (χ0v) is 15.3. The predicted octanol–water partition coefficient (Wildman–Crippen LogP) is 5.27. The molecule has 0 bridgehead atoms. The number of hydrogen-bond donors (Lipinski definition) is 1. The van der Waals surface area contributed by atoms with Gasteiger partial charge in [0.05, 0.1) is 5.56 Å². The summed E-state index contributed by atoms with van der Waals surface area (Å²) >= 11 is 1.46. The Hall–Kier alpha value is -2.38. The Morgan fingerprint density at radius 3 is 2.54 bits per heavy atom. The Morgan fingerprint density at radius 2 is 2.00 bits per heavy atom. The number of aryl methyl sites for hydroxylation is 1. The zero-order chi connectivity index (χ0) is 17.7. The van der Waals surface area contributed by atoms with Gasteiger partial charge in [0.2, 0.25) is 5.91 Å². The molecule has 0 aliphatic heterocycles. The summed E-state index contributed by atoms with van der Waals surface area (Å²) < 4.78 is 0. The van der Waals surface area contributed by atoms with Crippen molar-refractivity contribution >= 4 is 28.3 Å². The molecule has 1 N–H and O–H groups in total. The van der Waals surface area contributed by atoms with Crippen LogP contribution in [0.5, 0.6) is 0 Å². The SMILES string of the molecule is CCc1c(C)sc(NC(=O)/C=C/c2ccc(C(C)C)cc2)c1C#N. The second-order valence-electron chi connectivity index (χ2n) is 5.95. The number of amides is 1. The molecule has 2 aromatic rings. The van der Waals surface area contributed by atoms with Crippen molar-refractivity contribution in [2.45, 2.75) is 40.0 Å². The van der Waals surface area contributed by atoms with Gasteiger partial charge in [-0.1, -0.05) is 45.0 Å². The lowest BCUT2D eigenvalue weighted by atomic mass is 10.0. The molecule has 1 aromatic carbocycles. The van der Waals surface area contributed by atoms with Crippen molar-refractivity contribution in [2.75, 3.05) is 5.32 Å². The van der Waals surface area contributed by atoms with E-state index in [-0.39, 0.29) is 5.91 Å². The molecule has 0 spiro atoms. The molecule has 3 nitrogen and oxygen atoms in total. The fraction of sp³-hybridized carbons (Fsp3) is 0.300. The molecule has 0 saturated heterocycles. The molecular formula is C20H22N2OS. The van der Waals surface area contributed by atoms with Crippen LogP contribution in [0.2, 0.25) is 0 Å². The molecule has 1 aromatic heterocycles. The zero-order valence-electron chi connectivity index (χ0n) is 14.5. The van der Waals surface area contributed by atoms with Crippen molar-refractivity contribution in [1.29, 1.82) is 5.26 Å². The molecule has 1 heterocycles. The maximum absolute atomic E-state index is 12.1. The van der Waals surface area contributed by atoms with E-state index in [1.54, 1.807) is 6.08 Å². The van der Waals surface area contributed by atoms with Crippen LogP contribution in [0.4, 0.5) is 5.00 Å². The first-order chi connectivity index (χ1) is 11.5. The minimum Gasteiger partial charge on any atom is -0.313 e. The summed E-state index contributed by atoms with van der Waals surface area (Å²) in [5, 5.41) is 12.8. The lowest BCUT2D eigenvalue weighted by Gasteiger charge is -2.04. The number of nitrogens with one attached hydrogen (secondary N) is 1. The van der Waals surface area contributed by atoms with Crippen LogP contribution < -0.4 is 5.32 Å². The van der Waals surface area contributed by atoms with Gasteiger partial charge in [0.1, 0.15) is 11.1 Å². The van der Waals surface area contributed by atoms with Gasteiger partial charge in [0, 0.05) is 11.0 Å². The maximum atomic E-state index is 12.1. The first-order valence-corrected chi connectivity index (χ1v) is 8.89. The van der Waals surface area contributed by atoms with Gasteiger partial charge >= 0.3 is 0 Å². The maximum Gasteiger partial charge on any atom is 0.249 e. The van der Waals surface area contributed by atoms with E-state index in [1.165, 1.54) is 23.0 Å². The molecular weight excluding hydrogens is 316 g/mol. The van der Waals surface area contributed by atoms with Crippen molar-refractivity contribution in [3.63, 3.8) is 0 Å².